The Kier molecular flexibility index (Phi) is 5.38. The molecule has 136 valence electrons. The van der Waals surface area contributed by atoms with Gasteiger partial charge in [0.05, 0.1) is 4.92 Å². The van der Waals surface area contributed by atoms with Crippen LogP contribution in [0.1, 0.15) is 12.0 Å². The molecule has 0 bridgehead atoms. The van der Waals surface area contributed by atoms with E-state index in [2.05, 4.69) is 5.32 Å². The number of fused-ring (bicyclic) bond motifs is 1. The lowest BCUT2D eigenvalue weighted by molar-refractivity contribution is -0.384. The van der Waals surface area contributed by atoms with Crippen LogP contribution in [0.5, 0.6) is 0 Å². The van der Waals surface area contributed by atoms with Gasteiger partial charge in [-0.15, -0.1) is 0 Å². The molecule has 0 atom stereocenters. The van der Waals surface area contributed by atoms with Crippen LogP contribution < -0.4 is 10.2 Å². The first-order chi connectivity index (χ1) is 13.0. The van der Waals surface area contributed by atoms with Gasteiger partial charge in [0, 0.05) is 30.2 Å². The molecule has 7 nitrogen and oxygen atoms in total. The van der Waals surface area contributed by atoms with Gasteiger partial charge in [-0.05, 0) is 36.6 Å². The Balaban J connectivity index is 1.84. The monoisotopic (exact) mass is 382 g/mol. The van der Waals surface area contributed by atoms with Gasteiger partial charge in [0.15, 0.2) is 0 Å². The number of anilines is 2. The van der Waals surface area contributed by atoms with Gasteiger partial charge < -0.3 is 10.2 Å². The average Bonchev–Trinajstić information content (AvgIpc) is 2.68. The molecule has 1 heterocycles. The van der Waals surface area contributed by atoms with E-state index in [0.717, 1.165) is 24.1 Å². The van der Waals surface area contributed by atoms with Crippen molar-refractivity contribution in [2.45, 2.75) is 12.8 Å². The van der Waals surface area contributed by atoms with Crippen LogP contribution in [0.3, 0.4) is 0 Å². The maximum atomic E-state index is 12.8. The highest BCUT2D eigenvalue weighted by atomic mass is 35.5. The van der Waals surface area contributed by atoms with E-state index in [1.54, 1.807) is 4.90 Å². The van der Waals surface area contributed by atoms with Gasteiger partial charge in [-0.25, -0.2) is 0 Å². The summed E-state index contributed by atoms with van der Waals surface area (Å²) < 4.78 is 0. The SMILES string of the molecule is N#C/C(=C/Nc1ccc(Cl)c([N+](=O)[O-])c1)C(=O)N1CCCc2ccccc21. The van der Waals surface area contributed by atoms with Crippen molar-refractivity contribution >= 4 is 34.6 Å². The molecule has 0 unspecified atom stereocenters. The highest BCUT2D eigenvalue weighted by Crippen LogP contribution is 2.29. The number of amides is 1. The molecule has 2 aromatic carbocycles. The molecule has 0 aliphatic carbocycles. The summed E-state index contributed by atoms with van der Waals surface area (Å²) in [6.45, 7) is 0.529. The summed E-state index contributed by atoms with van der Waals surface area (Å²) in [6.07, 6.45) is 2.96. The Morgan fingerprint density at radius 2 is 2.11 bits per heavy atom. The van der Waals surface area contributed by atoms with Crippen LogP contribution in [0.2, 0.25) is 5.02 Å². The molecule has 1 N–H and O–H groups in total. The number of nitrogens with one attached hydrogen (secondary N) is 1. The van der Waals surface area contributed by atoms with Gasteiger partial charge in [0.1, 0.15) is 16.7 Å². The Hall–Kier alpha value is -3.37. The number of carbonyl (C=O) groups excluding carboxylic acids is 1. The second-order valence-electron chi connectivity index (χ2n) is 5.93. The van der Waals surface area contributed by atoms with Gasteiger partial charge in [-0.3, -0.25) is 14.9 Å². The first-order valence-corrected chi connectivity index (χ1v) is 8.59. The second-order valence-corrected chi connectivity index (χ2v) is 6.33. The lowest BCUT2D eigenvalue weighted by Crippen LogP contribution is -2.36. The lowest BCUT2D eigenvalue weighted by atomic mass is 10.0. The number of nitro groups is 1. The molecule has 3 rings (SSSR count). The number of para-hydroxylation sites is 1. The van der Waals surface area contributed by atoms with E-state index in [1.807, 2.05) is 30.3 Å². The minimum atomic E-state index is -0.599. The molecule has 1 aliphatic heterocycles. The number of rotatable bonds is 4. The van der Waals surface area contributed by atoms with E-state index in [0.29, 0.717) is 12.2 Å². The zero-order valence-electron chi connectivity index (χ0n) is 14.2. The van der Waals surface area contributed by atoms with Crippen molar-refractivity contribution in [1.82, 2.24) is 0 Å². The smallest absolute Gasteiger partial charge is 0.289 e. The van der Waals surface area contributed by atoms with Crippen molar-refractivity contribution in [3.63, 3.8) is 0 Å². The minimum Gasteiger partial charge on any atom is -0.360 e. The minimum absolute atomic E-state index is 0.0102. The summed E-state index contributed by atoms with van der Waals surface area (Å²) in [6, 6.07) is 13.6. The van der Waals surface area contributed by atoms with Crippen LogP contribution in [0.25, 0.3) is 0 Å². The van der Waals surface area contributed by atoms with Crippen molar-refractivity contribution in [3.8, 4) is 6.07 Å². The topological polar surface area (TPSA) is 99.3 Å². The summed E-state index contributed by atoms with van der Waals surface area (Å²) >= 11 is 5.78. The van der Waals surface area contributed by atoms with Crippen molar-refractivity contribution in [2.24, 2.45) is 0 Å². The van der Waals surface area contributed by atoms with Gasteiger partial charge in [0.25, 0.3) is 11.6 Å². The average molecular weight is 383 g/mol. The fourth-order valence-electron chi connectivity index (χ4n) is 2.93. The Labute approximate surface area is 160 Å². The summed E-state index contributed by atoms with van der Waals surface area (Å²) in [5.41, 5.74) is 1.87. The van der Waals surface area contributed by atoms with Crippen LogP contribution in [-0.2, 0) is 11.2 Å². The second kappa shape index (κ2) is 7.89. The maximum absolute atomic E-state index is 12.8. The summed E-state index contributed by atoms with van der Waals surface area (Å²) in [5.74, 6) is -0.416. The highest BCUT2D eigenvalue weighted by Gasteiger charge is 2.24. The number of carbonyl (C=O) groups is 1. The van der Waals surface area contributed by atoms with E-state index in [-0.39, 0.29) is 16.3 Å². The molecule has 0 saturated carbocycles. The molecule has 8 heteroatoms. The molecule has 1 amide bonds. The Bertz CT molecular complexity index is 981. The number of nitrogens with zero attached hydrogens (tertiary/aromatic N) is 3. The predicted molar refractivity (Wildman–Crippen MR) is 103 cm³/mol. The van der Waals surface area contributed by atoms with Gasteiger partial charge in [-0.2, -0.15) is 5.26 Å². The Morgan fingerprint density at radius 1 is 1.33 bits per heavy atom. The van der Waals surface area contributed by atoms with E-state index in [4.69, 9.17) is 11.6 Å². The van der Waals surface area contributed by atoms with Crippen LogP contribution in [0.4, 0.5) is 17.1 Å². The highest BCUT2D eigenvalue weighted by molar-refractivity contribution is 6.32. The molecule has 0 saturated heterocycles. The summed E-state index contributed by atoms with van der Waals surface area (Å²) in [4.78, 5) is 24.8. The molecule has 0 radical (unpaired) electrons. The third-order valence-electron chi connectivity index (χ3n) is 4.23. The van der Waals surface area contributed by atoms with Crippen molar-refractivity contribution in [3.05, 3.63) is 74.9 Å². The maximum Gasteiger partial charge on any atom is 0.289 e. The van der Waals surface area contributed by atoms with Crippen molar-refractivity contribution < 1.29 is 9.72 Å². The van der Waals surface area contributed by atoms with Crippen LogP contribution in [0, 0.1) is 21.4 Å². The van der Waals surface area contributed by atoms with Crippen LogP contribution in [0.15, 0.2) is 54.2 Å². The number of halogens is 1. The molecule has 1 aliphatic rings. The van der Waals surface area contributed by atoms with Gasteiger partial charge in [0.2, 0.25) is 0 Å². The van der Waals surface area contributed by atoms with Gasteiger partial charge >= 0.3 is 0 Å². The number of nitriles is 1. The summed E-state index contributed by atoms with van der Waals surface area (Å²) in [5, 5.41) is 23.1. The van der Waals surface area contributed by atoms with E-state index in [9.17, 15) is 20.2 Å². The third-order valence-corrected chi connectivity index (χ3v) is 4.55. The molecule has 27 heavy (non-hydrogen) atoms. The Morgan fingerprint density at radius 3 is 2.85 bits per heavy atom. The molecule has 0 aromatic heterocycles. The normalized spacial score (nSPS) is 13.5. The van der Waals surface area contributed by atoms with Crippen molar-refractivity contribution in [2.75, 3.05) is 16.8 Å². The lowest BCUT2D eigenvalue weighted by Gasteiger charge is -2.29. The number of hydrogen-bond donors (Lipinski definition) is 1. The van der Waals surface area contributed by atoms with E-state index in [1.165, 1.54) is 24.4 Å². The zero-order valence-corrected chi connectivity index (χ0v) is 14.9. The molecular weight excluding hydrogens is 368 g/mol. The standard InChI is InChI=1S/C19H15ClN4O3/c20-16-8-7-15(10-18(16)24(26)27)22-12-14(11-21)19(25)23-9-3-5-13-4-1-2-6-17(13)23/h1-2,4,6-8,10,12,22H,3,5,9H2/b14-12-. The van der Waals surface area contributed by atoms with Crippen LogP contribution >= 0.6 is 11.6 Å². The summed E-state index contributed by atoms with van der Waals surface area (Å²) in [7, 11) is 0. The number of benzene rings is 2. The molecule has 2 aromatic rings. The molecule has 0 fully saturated rings. The van der Waals surface area contributed by atoms with Gasteiger partial charge in [-0.1, -0.05) is 29.8 Å². The van der Waals surface area contributed by atoms with Crippen molar-refractivity contribution in [1.29, 1.82) is 5.26 Å². The van der Waals surface area contributed by atoms with Crippen LogP contribution in [-0.4, -0.2) is 17.4 Å². The zero-order chi connectivity index (χ0) is 19.4. The first-order valence-electron chi connectivity index (χ1n) is 8.22. The largest absolute Gasteiger partial charge is 0.360 e. The fraction of sp³-hybridized carbons (Fsp3) is 0.158. The van der Waals surface area contributed by atoms with E-state index >= 15 is 0 Å². The quantitative estimate of drug-likeness (QED) is 0.372. The molecular formula is C19H15ClN4O3. The van der Waals surface area contributed by atoms with E-state index < -0.39 is 10.8 Å². The predicted octanol–water partition coefficient (Wildman–Crippen LogP) is 4.05. The fourth-order valence-corrected chi connectivity index (χ4v) is 3.12. The third kappa shape index (κ3) is 3.91. The molecule has 0 spiro atoms. The number of hydrogen-bond acceptors (Lipinski definition) is 5. The number of nitro benzene ring substituents is 1. The first kappa shape index (κ1) is 18.4. The number of aryl methyl sites for hydroxylation is 1.